The average molecular weight is 272 g/mol. The van der Waals surface area contributed by atoms with E-state index < -0.39 is 0 Å². The lowest BCUT2D eigenvalue weighted by Crippen LogP contribution is -2.59. The number of piperidine rings is 1. The summed E-state index contributed by atoms with van der Waals surface area (Å²) in [4.78, 5) is 2.72. The van der Waals surface area contributed by atoms with Crippen LogP contribution in [0.3, 0.4) is 0 Å². The molecule has 0 radical (unpaired) electrons. The number of nitrogens with zero attached hydrogens (tertiary/aromatic N) is 1. The van der Waals surface area contributed by atoms with Gasteiger partial charge in [0.2, 0.25) is 0 Å². The Hall–Kier alpha value is -0.860. The summed E-state index contributed by atoms with van der Waals surface area (Å²) < 4.78 is 0. The van der Waals surface area contributed by atoms with E-state index >= 15 is 0 Å². The van der Waals surface area contributed by atoms with E-state index in [9.17, 15) is 0 Å². The zero-order valence-corrected chi connectivity index (χ0v) is 12.8. The van der Waals surface area contributed by atoms with Crippen molar-refractivity contribution in [2.45, 2.75) is 51.0 Å². The van der Waals surface area contributed by atoms with Crippen molar-refractivity contribution in [1.82, 2.24) is 4.90 Å². The van der Waals surface area contributed by atoms with Gasteiger partial charge in [0.1, 0.15) is 0 Å². The van der Waals surface area contributed by atoms with E-state index in [0.717, 1.165) is 18.9 Å². The number of hydrogen-bond acceptors (Lipinski definition) is 2. The monoisotopic (exact) mass is 272 g/mol. The Morgan fingerprint density at radius 1 is 1.20 bits per heavy atom. The van der Waals surface area contributed by atoms with Crippen LogP contribution in [-0.4, -0.2) is 30.1 Å². The van der Waals surface area contributed by atoms with Gasteiger partial charge in [-0.1, -0.05) is 37.6 Å². The highest BCUT2D eigenvalue weighted by Crippen LogP contribution is 2.35. The number of nitrogens with two attached hydrogens (primary N) is 1. The van der Waals surface area contributed by atoms with E-state index in [0.29, 0.717) is 0 Å². The van der Waals surface area contributed by atoms with Crippen LogP contribution in [0.5, 0.6) is 0 Å². The van der Waals surface area contributed by atoms with Crippen LogP contribution >= 0.6 is 0 Å². The fourth-order valence-corrected chi connectivity index (χ4v) is 4.17. The highest BCUT2D eigenvalue weighted by molar-refractivity contribution is 5.32. The number of aryl methyl sites for hydroxylation is 1. The van der Waals surface area contributed by atoms with Gasteiger partial charge in [-0.3, -0.25) is 4.90 Å². The first-order chi connectivity index (χ1) is 9.77. The minimum Gasteiger partial charge on any atom is -0.329 e. The molecule has 3 rings (SSSR count). The molecule has 1 atom stereocenters. The van der Waals surface area contributed by atoms with Gasteiger partial charge in [0.25, 0.3) is 0 Å². The average Bonchev–Trinajstić information content (AvgIpc) is 2.54. The third-order valence-electron chi connectivity index (χ3n) is 5.74. The van der Waals surface area contributed by atoms with Gasteiger partial charge in [0.15, 0.2) is 0 Å². The largest absolute Gasteiger partial charge is 0.329 e. The van der Waals surface area contributed by atoms with Crippen molar-refractivity contribution in [3.05, 3.63) is 35.4 Å². The van der Waals surface area contributed by atoms with Crippen molar-refractivity contribution in [3.63, 3.8) is 0 Å². The molecule has 1 heterocycles. The summed E-state index contributed by atoms with van der Waals surface area (Å²) >= 11 is 0. The highest BCUT2D eigenvalue weighted by atomic mass is 15.2. The molecule has 2 nitrogen and oxygen atoms in total. The van der Waals surface area contributed by atoms with Gasteiger partial charge < -0.3 is 5.73 Å². The first-order valence-electron chi connectivity index (χ1n) is 8.29. The minimum absolute atomic E-state index is 0.229. The van der Waals surface area contributed by atoms with Gasteiger partial charge in [-0.15, -0.1) is 0 Å². The third-order valence-corrected chi connectivity index (χ3v) is 5.74. The molecule has 1 aromatic carbocycles. The molecule has 20 heavy (non-hydrogen) atoms. The Balaban J connectivity index is 1.77. The highest BCUT2D eigenvalue weighted by Gasteiger charge is 2.39. The summed E-state index contributed by atoms with van der Waals surface area (Å²) in [6, 6.07) is 8.94. The fraction of sp³-hybridized carbons (Fsp3) is 0.667. The number of rotatable bonds is 3. The summed E-state index contributed by atoms with van der Waals surface area (Å²) in [5.74, 6) is 0.942. The van der Waals surface area contributed by atoms with Crippen molar-refractivity contribution < 1.29 is 0 Å². The summed E-state index contributed by atoms with van der Waals surface area (Å²) in [5.41, 5.74) is 9.55. The smallest absolute Gasteiger partial charge is 0.0375 e. The van der Waals surface area contributed by atoms with Gasteiger partial charge in [-0.05, 0) is 62.2 Å². The SMILES string of the molecule is CCC1CCN(C2(CN)CCc3ccccc3C2)CC1. The zero-order valence-electron chi connectivity index (χ0n) is 12.8. The Morgan fingerprint density at radius 3 is 2.55 bits per heavy atom. The summed E-state index contributed by atoms with van der Waals surface area (Å²) in [7, 11) is 0. The van der Waals surface area contributed by atoms with Crippen LogP contribution in [-0.2, 0) is 12.8 Å². The zero-order chi connectivity index (χ0) is 14.0. The molecule has 1 saturated heterocycles. The normalized spacial score (nSPS) is 28.3. The molecule has 2 N–H and O–H groups in total. The molecule has 1 aliphatic heterocycles. The van der Waals surface area contributed by atoms with Crippen molar-refractivity contribution in [3.8, 4) is 0 Å². The lowest BCUT2D eigenvalue weighted by atomic mass is 9.75. The second kappa shape index (κ2) is 5.87. The Morgan fingerprint density at radius 2 is 1.90 bits per heavy atom. The van der Waals surface area contributed by atoms with E-state index in [4.69, 9.17) is 5.73 Å². The third kappa shape index (κ3) is 2.51. The topological polar surface area (TPSA) is 29.3 Å². The molecule has 0 spiro atoms. The quantitative estimate of drug-likeness (QED) is 0.916. The molecule has 1 unspecified atom stereocenters. The van der Waals surface area contributed by atoms with Crippen molar-refractivity contribution in [2.75, 3.05) is 19.6 Å². The van der Waals surface area contributed by atoms with Crippen LogP contribution < -0.4 is 5.73 Å². The standard InChI is InChI=1S/C18H28N2/c1-2-15-8-11-20(12-9-15)18(14-19)10-7-16-5-3-4-6-17(16)13-18/h3-6,15H,2,7-14,19H2,1H3. The molecule has 110 valence electrons. The van der Waals surface area contributed by atoms with Crippen LogP contribution in [0.25, 0.3) is 0 Å². The lowest BCUT2D eigenvalue weighted by molar-refractivity contribution is 0.0432. The summed E-state index contributed by atoms with van der Waals surface area (Å²) in [6.07, 6.45) is 7.64. The van der Waals surface area contributed by atoms with E-state index in [-0.39, 0.29) is 5.54 Å². The predicted octanol–water partition coefficient (Wildman–Crippen LogP) is 2.99. The molecule has 0 amide bonds. The van der Waals surface area contributed by atoms with Crippen LogP contribution in [0.4, 0.5) is 0 Å². The fourth-order valence-electron chi connectivity index (χ4n) is 4.17. The van der Waals surface area contributed by atoms with Crippen molar-refractivity contribution in [1.29, 1.82) is 0 Å². The molecule has 1 aliphatic carbocycles. The Bertz CT molecular complexity index is 448. The van der Waals surface area contributed by atoms with Gasteiger partial charge in [-0.25, -0.2) is 0 Å². The van der Waals surface area contributed by atoms with Gasteiger partial charge in [0.05, 0.1) is 0 Å². The maximum Gasteiger partial charge on any atom is 0.0375 e. The maximum absolute atomic E-state index is 6.25. The molecule has 0 bridgehead atoms. The number of likely N-dealkylation sites (tertiary alicyclic amines) is 1. The Labute approximate surface area is 123 Å². The molecule has 0 aromatic heterocycles. The van der Waals surface area contributed by atoms with Crippen molar-refractivity contribution >= 4 is 0 Å². The van der Waals surface area contributed by atoms with Crippen LogP contribution in [0.1, 0.15) is 43.7 Å². The molecule has 0 saturated carbocycles. The lowest BCUT2D eigenvalue weighted by Gasteiger charge is -2.49. The predicted molar refractivity (Wildman–Crippen MR) is 84.8 cm³/mol. The second-order valence-corrected chi connectivity index (χ2v) is 6.71. The maximum atomic E-state index is 6.25. The van der Waals surface area contributed by atoms with E-state index in [2.05, 4.69) is 36.1 Å². The van der Waals surface area contributed by atoms with Gasteiger partial charge in [0, 0.05) is 12.1 Å². The van der Waals surface area contributed by atoms with Crippen LogP contribution in [0.15, 0.2) is 24.3 Å². The molecule has 2 heteroatoms. The molecule has 1 fully saturated rings. The first-order valence-corrected chi connectivity index (χ1v) is 8.29. The molecular formula is C18H28N2. The summed E-state index contributed by atoms with van der Waals surface area (Å²) in [5, 5.41) is 0. The van der Waals surface area contributed by atoms with Crippen molar-refractivity contribution in [2.24, 2.45) is 11.7 Å². The van der Waals surface area contributed by atoms with E-state index in [1.807, 2.05) is 0 Å². The Kier molecular flexibility index (Phi) is 4.13. The van der Waals surface area contributed by atoms with E-state index in [1.165, 1.54) is 50.8 Å². The number of fused-ring (bicyclic) bond motifs is 1. The van der Waals surface area contributed by atoms with Crippen LogP contribution in [0.2, 0.25) is 0 Å². The van der Waals surface area contributed by atoms with E-state index in [1.54, 1.807) is 5.56 Å². The second-order valence-electron chi connectivity index (χ2n) is 6.71. The van der Waals surface area contributed by atoms with Gasteiger partial charge in [-0.2, -0.15) is 0 Å². The van der Waals surface area contributed by atoms with Crippen LogP contribution in [0, 0.1) is 5.92 Å². The summed E-state index contributed by atoms with van der Waals surface area (Å²) in [6.45, 7) is 5.63. The molecule has 2 aliphatic rings. The minimum atomic E-state index is 0.229. The van der Waals surface area contributed by atoms with Gasteiger partial charge >= 0.3 is 0 Å². The molecular weight excluding hydrogens is 244 g/mol. The number of hydrogen-bond donors (Lipinski definition) is 1. The number of benzene rings is 1. The molecule has 1 aromatic rings. The first kappa shape index (κ1) is 14.1.